The molecule has 188 valence electrons. The molecular formula is C29H29FN6O. The highest BCUT2D eigenvalue weighted by atomic mass is 19.1. The minimum Gasteiger partial charge on any atom is -0.356 e. The number of nitrogens with zero attached hydrogens (tertiary/aromatic N) is 4. The van der Waals surface area contributed by atoms with Gasteiger partial charge in [-0.1, -0.05) is 30.3 Å². The number of halogens is 1. The number of aromatic nitrogens is 5. The van der Waals surface area contributed by atoms with Crippen molar-refractivity contribution >= 4 is 16.9 Å². The molecule has 0 aliphatic carbocycles. The Morgan fingerprint density at radius 2 is 1.95 bits per heavy atom. The molecule has 1 saturated heterocycles. The highest BCUT2D eigenvalue weighted by Gasteiger charge is 2.22. The predicted molar refractivity (Wildman–Crippen MR) is 143 cm³/mol. The van der Waals surface area contributed by atoms with Crippen LogP contribution in [0.15, 0.2) is 60.7 Å². The minimum atomic E-state index is -0.248. The van der Waals surface area contributed by atoms with E-state index in [2.05, 4.69) is 28.5 Å². The van der Waals surface area contributed by atoms with Gasteiger partial charge in [-0.2, -0.15) is 5.10 Å². The van der Waals surface area contributed by atoms with Gasteiger partial charge in [0.1, 0.15) is 5.82 Å². The highest BCUT2D eigenvalue weighted by Crippen LogP contribution is 2.35. The molecule has 5 aromatic rings. The van der Waals surface area contributed by atoms with Crippen LogP contribution in [0, 0.1) is 19.7 Å². The molecule has 4 heterocycles. The monoisotopic (exact) mass is 496 g/mol. The van der Waals surface area contributed by atoms with Crippen molar-refractivity contribution in [2.45, 2.75) is 45.9 Å². The van der Waals surface area contributed by atoms with Crippen LogP contribution in [0.3, 0.4) is 0 Å². The second-order valence-corrected chi connectivity index (χ2v) is 9.50. The second-order valence-electron chi connectivity index (χ2n) is 9.50. The minimum absolute atomic E-state index is 0.0255. The summed E-state index contributed by atoms with van der Waals surface area (Å²) in [6, 6.07) is 18.9. The maximum atomic E-state index is 14.2. The molecule has 0 saturated carbocycles. The van der Waals surface area contributed by atoms with Gasteiger partial charge in [-0.15, -0.1) is 0 Å². The van der Waals surface area contributed by atoms with Crippen LogP contribution in [-0.2, 0) is 11.3 Å². The second kappa shape index (κ2) is 9.78. The first-order valence-electron chi connectivity index (χ1n) is 12.7. The molecule has 2 N–H and O–H groups in total. The van der Waals surface area contributed by atoms with Gasteiger partial charge in [0.05, 0.1) is 28.3 Å². The topological polar surface area (TPSA) is 80.7 Å². The molecule has 3 aromatic heterocycles. The molecule has 37 heavy (non-hydrogen) atoms. The molecule has 1 aliphatic heterocycles. The third-order valence-corrected chi connectivity index (χ3v) is 6.85. The standard InChI is InChI=1S/C29H29FN6O/c1-18-8-7-11-24(32-18)28-27(33-29(34-28)31-17-21-9-3-4-10-23(21)30)20-13-14-25-22(16-20)19(2)35-36(25)26-12-5-6-15-37-26/h3-4,7-11,13-14,16,26H,5-6,12,15,17H2,1-2H3,(H2,31,33,34). The summed E-state index contributed by atoms with van der Waals surface area (Å²) in [5.74, 6) is 0.307. The summed E-state index contributed by atoms with van der Waals surface area (Å²) in [6.45, 7) is 5.08. The number of H-pyrrole nitrogens is 1. The smallest absolute Gasteiger partial charge is 0.201 e. The first kappa shape index (κ1) is 23.4. The largest absolute Gasteiger partial charge is 0.356 e. The lowest BCUT2D eigenvalue weighted by Crippen LogP contribution is -2.19. The molecule has 0 bridgehead atoms. The first-order valence-corrected chi connectivity index (χ1v) is 12.7. The molecule has 1 fully saturated rings. The summed E-state index contributed by atoms with van der Waals surface area (Å²) in [5.41, 5.74) is 6.82. The number of rotatable bonds is 6. The van der Waals surface area contributed by atoms with Crippen molar-refractivity contribution < 1.29 is 9.13 Å². The molecule has 0 amide bonds. The summed E-state index contributed by atoms with van der Waals surface area (Å²) in [7, 11) is 0. The van der Waals surface area contributed by atoms with E-state index in [0.29, 0.717) is 18.1 Å². The quantitative estimate of drug-likeness (QED) is 0.278. The van der Waals surface area contributed by atoms with E-state index in [0.717, 1.165) is 70.8 Å². The molecule has 0 radical (unpaired) electrons. The van der Waals surface area contributed by atoms with Crippen molar-refractivity contribution in [3.05, 3.63) is 83.4 Å². The van der Waals surface area contributed by atoms with Crippen LogP contribution >= 0.6 is 0 Å². The number of hydrogen-bond donors (Lipinski definition) is 2. The molecule has 7 nitrogen and oxygen atoms in total. The van der Waals surface area contributed by atoms with Gasteiger partial charge >= 0.3 is 0 Å². The van der Waals surface area contributed by atoms with E-state index in [1.165, 1.54) is 6.07 Å². The number of anilines is 1. The lowest BCUT2D eigenvalue weighted by atomic mass is 10.0. The number of ether oxygens (including phenoxy) is 1. The fraction of sp³-hybridized carbons (Fsp3) is 0.276. The fourth-order valence-corrected chi connectivity index (χ4v) is 4.93. The van der Waals surface area contributed by atoms with E-state index in [4.69, 9.17) is 19.8 Å². The molecule has 6 rings (SSSR count). The van der Waals surface area contributed by atoms with Crippen molar-refractivity contribution in [2.75, 3.05) is 11.9 Å². The van der Waals surface area contributed by atoms with Crippen LogP contribution in [0.1, 0.15) is 42.4 Å². The Labute approximate surface area is 214 Å². The van der Waals surface area contributed by atoms with E-state index in [-0.39, 0.29) is 12.0 Å². The Morgan fingerprint density at radius 1 is 1.05 bits per heavy atom. The third-order valence-electron chi connectivity index (χ3n) is 6.85. The number of nitrogens with one attached hydrogen (secondary N) is 2. The third kappa shape index (κ3) is 4.60. The van der Waals surface area contributed by atoms with Gasteiger partial charge in [0, 0.05) is 35.4 Å². The first-order chi connectivity index (χ1) is 18.1. The number of imidazole rings is 1. The summed E-state index contributed by atoms with van der Waals surface area (Å²) in [4.78, 5) is 13.0. The molecule has 1 unspecified atom stereocenters. The van der Waals surface area contributed by atoms with Crippen LogP contribution < -0.4 is 5.32 Å². The number of aromatic amines is 1. The van der Waals surface area contributed by atoms with E-state index >= 15 is 0 Å². The van der Waals surface area contributed by atoms with Crippen LogP contribution in [-0.4, -0.2) is 31.3 Å². The van der Waals surface area contributed by atoms with Crippen molar-refractivity contribution in [1.82, 2.24) is 24.7 Å². The van der Waals surface area contributed by atoms with Gasteiger partial charge in [-0.3, -0.25) is 4.98 Å². The number of aryl methyl sites for hydroxylation is 2. The summed E-state index contributed by atoms with van der Waals surface area (Å²) in [6.07, 6.45) is 3.19. The van der Waals surface area contributed by atoms with Crippen molar-refractivity contribution in [2.24, 2.45) is 0 Å². The number of fused-ring (bicyclic) bond motifs is 1. The number of pyridine rings is 1. The number of hydrogen-bond acceptors (Lipinski definition) is 5. The van der Waals surface area contributed by atoms with Crippen molar-refractivity contribution in [1.29, 1.82) is 0 Å². The zero-order valence-electron chi connectivity index (χ0n) is 21.0. The molecule has 0 spiro atoms. The van der Waals surface area contributed by atoms with E-state index in [1.807, 2.05) is 42.8 Å². The molecule has 1 atom stereocenters. The molecule has 2 aromatic carbocycles. The number of benzene rings is 2. The average Bonchev–Trinajstić information content (AvgIpc) is 3.50. The SMILES string of the molecule is Cc1cccc(-c2[nH]c(NCc3ccccc3F)nc2-c2ccc3c(c2)c(C)nn3C2CCCCO2)n1. The maximum Gasteiger partial charge on any atom is 0.201 e. The van der Waals surface area contributed by atoms with Gasteiger partial charge in [-0.05, 0) is 63.4 Å². The van der Waals surface area contributed by atoms with Crippen molar-refractivity contribution in [3.63, 3.8) is 0 Å². The Balaban J connectivity index is 1.40. The van der Waals surface area contributed by atoms with Crippen LogP contribution in [0.25, 0.3) is 33.5 Å². The van der Waals surface area contributed by atoms with Crippen LogP contribution in [0.2, 0.25) is 0 Å². The molecular weight excluding hydrogens is 467 g/mol. The van der Waals surface area contributed by atoms with Gasteiger partial charge in [0.2, 0.25) is 5.95 Å². The van der Waals surface area contributed by atoms with Crippen LogP contribution in [0.4, 0.5) is 10.3 Å². The van der Waals surface area contributed by atoms with Gasteiger partial charge in [0.15, 0.2) is 6.23 Å². The van der Waals surface area contributed by atoms with Gasteiger partial charge < -0.3 is 15.0 Å². The summed E-state index contributed by atoms with van der Waals surface area (Å²) >= 11 is 0. The Morgan fingerprint density at radius 3 is 2.76 bits per heavy atom. The lowest BCUT2D eigenvalue weighted by molar-refractivity contribution is -0.0368. The zero-order chi connectivity index (χ0) is 25.4. The Kier molecular flexibility index (Phi) is 6.18. The normalized spacial score (nSPS) is 15.8. The van der Waals surface area contributed by atoms with E-state index < -0.39 is 0 Å². The van der Waals surface area contributed by atoms with Crippen molar-refractivity contribution in [3.8, 4) is 22.6 Å². The average molecular weight is 497 g/mol. The van der Waals surface area contributed by atoms with E-state index in [9.17, 15) is 4.39 Å². The summed E-state index contributed by atoms with van der Waals surface area (Å²) < 4.78 is 22.2. The highest BCUT2D eigenvalue weighted by molar-refractivity contribution is 5.89. The maximum absolute atomic E-state index is 14.2. The summed E-state index contributed by atoms with van der Waals surface area (Å²) in [5, 5.41) is 9.13. The van der Waals surface area contributed by atoms with Gasteiger partial charge in [0.25, 0.3) is 0 Å². The fourth-order valence-electron chi connectivity index (χ4n) is 4.93. The zero-order valence-corrected chi connectivity index (χ0v) is 21.0. The molecule has 8 heteroatoms. The van der Waals surface area contributed by atoms with Crippen LogP contribution in [0.5, 0.6) is 0 Å². The Hall–Kier alpha value is -4.04. The Bertz CT molecular complexity index is 1570. The predicted octanol–water partition coefficient (Wildman–Crippen LogP) is 6.56. The van der Waals surface area contributed by atoms with E-state index in [1.54, 1.807) is 12.1 Å². The molecule has 1 aliphatic rings. The lowest BCUT2D eigenvalue weighted by Gasteiger charge is -2.23. The van der Waals surface area contributed by atoms with Gasteiger partial charge in [-0.25, -0.2) is 14.1 Å².